The van der Waals surface area contributed by atoms with Crippen LogP contribution in [0.15, 0.2) is 12.1 Å². The van der Waals surface area contributed by atoms with Crippen LogP contribution in [0.5, 0.6) is 0 Å². The van der Waals surface area contributed by atoms with E-state index in [-0.39, 0.29) is 53.6 Å². The summed E-state index contributed by atoms with van der Waals surface area (Å²) in [6.07, 6.45) is 7.78. The molecule has 8 saturated heterocycles. The molecule has 12 heteroatoms. The second-order valence-corrected chi connectivity index (χ2v) is 19.0. The molecule has 2 aliphatic carbocycles. The molecule has 1 aromatic heterocycles. The molecule has 2 saturated carbocycles. The van der Waals surface area contributed by atoms with Gasteiger partial charge in [-0.05, 0) is 126 Å². The Morgan fingerprint density at radius 3 is 1.77 bits per heavy atom. The van der Waals surface area contributed by atoms with Crippen LogP contribution in [-0.4, -0.2) is 65.1 Å². The number of esters is 1. The van der Waals surface area contributed by atoms with Crippen LogP contribution >= 0.6 is 11.6 Å². The Kier molecular flexibility index (Phi) is 9.36. The third-order valence-corrected chi connectivity index (χ3v) is 15.5. The lowest BCUT2D eigenvalue weighted by Crippen LogP contribution is -2.70. The zero-order valence-electron chi connectivity index (χ0n) is 32.3. The Bertz CT molecular complexity index is 1480. The molecule has 294 valence electrons. The van der Waals surface area contributed by atoms with E-state index < -0.39 is 41.3 Å². The van der Waals surface area contributed by atoms with Crippen LogP contribution in [0.25, 0.3) is 0 Å². The van der Waals surface area contributed by atoms with E-state index in [1.54, 1.807) is 12.1 Å². The predicted molar refractivity (Wildman–Crippen MR) is 191 cm³/mol. The number of nitrogens with zero attached hydrogens (tertiary/aromatic N) is 1. The van der Waals surface area contributed by atoms with Gasteiger partial charge in [0.15, 0.2) is 23.8 Å². The summed E-state index contributed by atoms with van der Waals surface area (Å²) >= 11 is 6.24. The topological polar surface area (TPSA) is 113 Å². The van der Waals surface area contributed by atoms with Crippen LogP contribution < -0.4 is 0 Å². The van der Waals surface area contributed by atoms with Gasteiger partial charge in [-0.15, -0.1) is 0 Å². The maximum absolute atomic E-state index is 13.5. The van der Waals surface area contributed by atoms with Crippen molar-refractivity contribution in [3.05, 3.63) is 28.5 Å². The van der Waals surface area contributed by atoms with Crippen molar-refractivity contribution in [2.24, 2.45) is 53.3 Å². The maximum Gasteiger partial charge on any atom is 0.338 e. The Labute approximate surface area is 318 Å². The van der Waals surface area contributed by atoms with E-state index in [2.05, 4.69) is 32.7 Å². The Morgan fingerprint density at radius 2 is 1.28 bits per heavy atom. The van der Waals surface area contributed by atoms with Gasteiger partial charge in [0, 0.05) is 30.4 Å². The van der Waals surface area contributed by atoms with Gasteiger partial charge in [-0.25, -0.2) is 29.3 Å². The summed E-state index contributed by atoms with van der Waals surface area (Å²) in [5, 5.41) is 0.264. The largest absolute Gasteiger partial charge is 0.462 e. The lowest BCUT2D eigenvalue weighted by Gasteiger charge is -2.61. The standard InChI is InChI=1S/C41H58ClNO10/c1-21-8-10-30-24(4)32(46-36-40(30)28(21)12-14-38(6,48-36)50-52-40)17-26(20-45-35(44)27-16-23(3)43-34(42)19-27)18-33-25(5)31-11-9-22(2)29-13-15-39(7)49-37(47-33)41(29,31)53-51-39/h16,19,21-22,24-26,28-33,36-37H,8-15,17-18,20H2,1-7H3/t21-,22-,24-,25-,28+,29+,30+,31+,32-,33-,36-,37-,38-,39-,40-,41-/m1/s1. The molecule has 0 radical (unpaired) electrons. The maximum atomic E-state index is 13.5. The van der Waals surface area contributed by atoms with E-state index >= 15 is 0 Å². The van der Waals surface area contributed by atoms with Crippen LogP contribution in [0.2, 0.25) is 5.15 Å². The van der Waals surface area contributed by atoms with Gasteiger partial charge in [0.05, 0.1) is 24.4 Å². The van der Waals surface area contributed by atoms with E-state index in [9.17, 15) is 4.79 Å². The molecule has 0 aromatic carbocycles. The highest BCUT2D eigenvalue weighted by molar-refractivity contribution is 6.29. The first-order valence-electron chi connectivity index (χ1n) is 20.4. The molecule has 0 unspecified atom stereocenters. The molecule has 9 heterocycles. The third-order valence-electron chi connectivity index (χ3n) is 15.3. The molecule has 4 bridgehead atoms. The fourth-order valence-corrected chi connectivity index (χ4v) is 12.7. The number of pyridine rings is 1. The molecule has 8 aliphatic heterocycles. The second kappa shape index (κ2) is 13.3. The van der Waals surface area contributed by atoms with Crippen molar-refractivity contribution in [3.8, 4) is 0 Å². The lowest BCUT2D eigenvalue weighted by atomic mass is 9.56. The summed E-state index contributed by atoms with van der Waals surface area (Å²) in [5.74, 6) is 0.0971. The van der Waals surface area contributed by atoms with Crippen molar-refractivity contribution >= 4 is 17.6 Å². The summed E-state index contributed by atoms with van der Waals surface area (Å²) in [7, 11) is 0. The van der Waals surface area contributed by atoms with Crippen LogP contribution in [0.4, 0.5) is 0 Å². The molecule has 53 heavy (non-hydrogen) atoms. The average molecular weight is 760 g/mol. The first-order chi connectivity index (χ1) is 25.2. The van der Waals surface area contributed by atoms with Gasteiger partial charge in [0.2, 0.25) is 11.6 Å². The molecule has 16 atom stereocenters. The van der Waals surface area contributed by atoms with E-state index in [4.69, 9.17) is 54.8 Å². The number of fused-ring (bicyclic) bond motifs is 4. The first kappa shape index (κ1) is 37.2. The number of carbonyl (C=O) groups is 1. The van der Waals surface area contributed by atoms with Gasteiger partial charge in [-0.1, -0.05) is 39.3 Å². The van der Waals surface area contributed by atoms with E-state index in [1.807, 2.05) is 20.8 Å². The van der Waals surface area contributed by atoms with Gasteiger partial charge in [0.25, 0.3) is 0 Å². The van der Waals surface area contributed by atoms with Crippen molar-refractivity contribution in [3.63, 3.8) is 0 Å². The SMILES string of the molecule is Cc1cc(C(=O)OCC(C[C@H]2O[C@@H]3O[C@@]4(C)CC[C@H]5[C@H](C)CC[C@@H]([C@H]2C)[C@@]35OO4)C[C@H]2O[C@@H]3O[C@@]4(C)CC[C@H]5[C@H](C)CC[C@@H]([C@H]2C)[C@@]35OO4)cc(Cl)n1. The lowest BCUT2D eigenvalue weighted by molar-refractivity contribution is -0.571. The van der Waals surface area contributed by atoms with Crippen LogP contribution in [0.1, 0.15) is 122 Å². The number of aromatic nitrogens is 1. The van der Waals surface area contributed by atoms with Crippen LogP contribution in [-0.2, 0) is 43.2 Å². The van der Waals surface area contributed by atoms with Crippen LogP contribution in [0.3, 0.4) is 0 Å². The highest BCUT2D eigenvalue weighted by Crippen LogP contribution is 2.63. The summed E-state index contributed by atoms with van der Waals surface area (Å²) in [6.45, 7) is 15.2. The van der Waals surface area contributed by atoms with Gasteiger partial charge in [0.1, 0.15) is 5.15 Å². The minimum Gasteiger partial charge on any atom is -0.462 e. The molecule has 0 N–H and O–H groups in total. The van der Waals surface area contributed by atoms with Crippen molar-refractivity contribution in [1.29, 1.82) is 0 Å². The predicted octanol–water partition coefficient (Wildman–Crippen LogP) is 8.10. The van der Waals surface area contributed by atoms with Gasteiger partial charge < -0.3 is 23.7 Å². The summed E-state index contributed by atoms with van der Waals surface area (Å²) in [6, 6.07) is 3.27. The number of carbonyl (C=O) groups excluding carboxylic acids is 1. The molecule has 2 spiro atoms. The Morgan fingerprint density at radius 1 is 0.774 bits per heavy atom. The average Bonchev–Trinajstić information content (AvgIpc) is 3.49. The number of hydrogen-bond donors (Lipinski definition) is 0. The Balaban J connectivity index is 1.00. The normalized spacial score (nSPS) is 49.8. The summed E-state index contributed by atoms with van der Waals surface area (Å²) in [5.41, 5.74) is -0.223. The fraction of sp³-hybridized carbons (Fsp3) is 0.854. The minimum atomic E-state index is -0.848. The van der Waals surface area contributed by atoms with Crippen molar-refractivity contribution < 1.29 is 48.0 Å². The van der Waals surface area contributed by atoms with Gasteiger partial charge in [-0.3, -0.25) is 0 Å². The number of ether oxygens (including phenoxy) is 5. The fourth-order valence-electron chi connectivity index (χ4n) is 12.4. The van der Waals surface area contributed by atoms with E-state index in [0.29, 0.717) is 47.8 Å². The monoisotopic (exact) mass is 759 g/mol. The molecular weight excluding hydrogens is 702 g/mol. The second-order valence-electron chi connectivity index (χ2n) is 18.6. The number of hydrogen-bond acceptors (Lipinski definition) is 11. The Hall–Kier alpha value is -1.41. The van der Waals surface area contributed by atoms with Crippen molar-refractivity contribution in [2.45, 2.75) is 160 Å². The smallest absolute Gasteiger partial charge is 0.338 e. The van der Waals surface area contributed by atoms with Gasteiger partial charge >= 0.3 is 5.97 Å². The molecule has 10 aliphatic rings. The number of aryl methyl sites for hydroxylation is 1. The zero-order chi connectivity index (χ0) is 37.1. The molecule has 0 amide bonds. The summed E-state index contributed by atoms with van der Waals surface area (Å²) in [4.78, 5) is 42.8. The van der Waals surface area contributed by atoms with Gasteiger partial charge in [-0.2, -0.15) is 0 Å². The third kappa shape index (κ3) is 5.96. The quantitative estimate of drug-likeness (QED) is 0.153. The highest BCUT2D eigenvalue weighted by atomic mass is 35.5. The molecule has 11 rings (SSSR count). The zero-order valence-corrected chi connectivity index (χ0v) is 33.1. The van der Waals surface area contributed by atoms with Crippen LogP contribution in [0, 0.1) is 60.2 Å². The molecule has 1 aromatic rings. The van der Waals surface area contributed by atoms with Crippen molar-refractivity contribution in [2.75, 3.05) is 6.61 Å². The highest BCUT2D eigenvalue weighted by Gasteiger charge is 2.71. The van der Waals surface area contributed by atoms with Crippen molar-refractivity contribution in [1.82, 2.24) is 4.98 Å². The first-order valence-corrected chi connectivity index (χ1v) is 20.8. The van der Waals surface area contributed by atoms with E-state index in [1.165, 1.54) is 0 Å². The number of rotatable bonds is 7. The minimum absolute atomic E-state index is 0.0802. The molecule has 11 nitrogen and oxygen atoms in total. The molecule has 10 fully saturated rings. The molecular formula is C41H58ClNO10. The summed E-state index contributed by atoms with van der Waals surface area (Å²) < 4.78 is 33.7. The van der Waals surface area contributed by atoms with E-state index in [0.717, 1.165) is 51.4 Å². The number of halogens is 1.